The highest BCUT2D eigenvalue weighted by Gasteiger charge is 2.09. The third kappa shape index (κ3) is 7.75. The van der Waals surface area contributed by atoms with Crippen LogP contribution in [0.3, 0.4) is 0 Å². The van der Waals surface area contributed by atoms with Crippen molar-refractivity contribution in [3.05, 3.63) is 82.9 Å². The Kier molecular flexibility index (Phi) is 12.9. The average molecular weight is 435 g/mol. The molecule has 0 bridgehead atoms. The van der Waals surface area contributed by atoms with E-state index in [1.54, 1.807) is 14.2 Å². The second kappa shape index (κ2) is 15.1. The lowest BCUT2D eigenvalue weighted by Gasteiger charge is -2.13. The first-order chi connectivity index (χ1) is 15.6. The number of aryl methyl sites for hydroxylation is 4. The maximum absolute atomic E-state index is 5.56. The molecule has 0 aliphatic heterocycles. The van der Waals surface area contributed by atoms with Crippen molar-refractivity contribution in [2.24, 2.45) is 0 Å². The fourth-order valence-electron chi connectivity index (χ4n) is 3.60. The van der Waals surface area contributed by atoms with E-state index < -0.39 is 0 Å². The maximum atomic E-state index is 5.56. The minimum absolute atomic E-state index is 0.915. The highest BCUT2D eigenvalue weighted by atomic mass is 16.5. The van der Waals surface area contributed by atoms with Gasteiger partial charge in [-0.2, -0.15) is 0 Å². The van der Waals surface area contributed by atoms with E-state index in [2.05, 4.69) is 67.6 Å². The third-order valence-electron chi connectivity index (χ3n) is 5.26. The summed E-state index contributed by atoms with van der Waals surface area (Å²) in [6.45, 7) is 12.3. The summed E-state index contributed by atoms with van der Waals surface area (Å²) in [5, 5.41) is 0. The van der Waals surface area contributed by atoms with Gasteiger partial charge in [-0.3, -0.25) is 0 Å². The summed E-state index contributed by atoms with van der Waals surface area (Å²) in [6.07, 6.45) is 4.22. The lowest BCUT2D eigenvalue weighted by Crippen LogP contribution is -1.98. The van der Waals surface area contributed by atoms with Gasteiger partial charge in [0.15, 0.2) is 0 Å². The number of hydrogen-bond donors (Lipinski definition) is 0. The Morgan fingerprint density at radius 3 is 1.50 bits per heavy atom. The summed E-state index contributed by atoms with van der Waals surface area (Å²) >= 11 is 0. The van der Waals surface area contributed by atoms with Crippen molar-refractivity contribution >= 4 is 0 Å². The van der Waals surface area contributed by atoms with E-state index >= 15 is 0 Å². The van der Waals surface area contributed by atoms with Crippen LogP contribution in [0.15, 0.2) is 60.7 Å². The van der Waals surface area contributed by atoms with Crippen LogP contribution in [-0.4, -0.2) is 14.2 Å². The van der Waals surface area contributed by atoms with E-state index in [0.29, 0.717) is 0 Å². The first-order valence-corrected chi connectivity index (χ1v) is 12.0. The van der Waals surface area contributed by atoms with Gasteiger partial charge in [-0.1, -0.05) is 89.6 Å². The zero-order valence-electron chi connectivity index (χ0n) is 21.4. The third-order valence-corrected chi connectivity index (χ3v) is 5.26. The molecule has 174 valence electrons. The van der Waals surface area contributed by atoms with Crippen molar-refractivity contribution in [3.8, 4) is 22.6 Å². The molecule has 0 aliphatic rings. The van der Waals surface area contributed by atoms with Gasteiger partial charge >= 0.3 is 0 Å². The predicted molar refractivity (Wildman–Crippen MR) is 140 cm³/mol. The van der Waals surface area contributed by atoms with Gasteiger partial charge in [0.2, 0.25) is 0 Å². The van der Waals surface area contributed by atoms with Gasteiger partial charge in [0.1, 0.15) is 11.5 Å². The van der Waals surface area contributed by atoms with Crippen molar-refractivity contribution in [2.45, 2.75) is 67.2 Å². The Labute approximate surface area is 196 Å². The Balaban J connectivity index is 0.00000121. The van der Waals surface area contributed by atoms with Crippen LogP contribution in [0.25, 0.3) is 11.1 Å². The zero-order valence-corrected chi connectivity index (χ0v) is 21.4. The van der Waals surface area contributed by atoms with E-state index in [9.17, 15) is 0 Å². The molecule has 0 N–H and O–H groups in total. The molecule has 3 rings (SSSR count). The number of rotatable bonds is 8. The van der Waals surface area contributed by atoms with Gasteiger partial charge in [0, 0.05) is 0 Å². The van der Waals surface area contributed by atoms with Gasteiger partial charge in [0.25, 0.3) is 0 Å². The largest absolute Gasteiger partial charge is 0.496 e. The van der Waals surface area contributed by atoms with Crippen molar-refractivity contribution in [3.63, 3.8) is 0 Å². The second-order valence-corrected chi connectivity index (χ2v) is 7.28. The van der Waals surface area contributed by atoms with Crippen LogP contribution in [0.5, 0.6) is 11.5 Å². The van der Waals surface area contributed by atoms with Crippen molar-refractivity contribution in [2.75, 3.05) is 14.2 Å². The number of ether oxygens (including phenoxy) is 2. The van der Waals surface area contributed by atoms with Crippen LogP contribution in [-0.2, 0) is 19.3 Å². The zero-order chi connectivity index (χ0) is 23.9. The van der Waals surface area contributed by atoms with E-state index in [1.165, 1.54) is 34.2 Å². The topological polar surface area (TPSA) is 18.5 Å². The first kappa shape index (κ1) is 27.3. The van der Waals surface area contributed by atoms with Gasteiger partial charge < -0.3 is 9.47 Å². The molecule has 0 aliphatic carbocycles. The van der Waals surface area contributed by atoms with E-state index in [4.69, 9.17) is 9.47 Å². The molecule has 3 aromatic rings. The summed E-state index contributed by atoms with van der Waals surface area (Å²) in [6, 6.07) is 22.0. The van der Waals surface area contributed by atoms with Crippen LogP contribution in [0, 0.1) is 6.92 Å². The normalized spacial score (nSPS) is 9.75. The molecule has 32 heavy (non-hydrogen) atoms. The van der Waals surface area contributed by atoms with Crippen LogP contribution in [0.1, 0.15) is 63.3 Å². The number of methoxy groups -OCH3 is 2. The van der Waals surface area contributed by atoms with Crippen LogP contribution < -0.4 is 9.47 Å². The molecule has 0 aromatic heterocycles. The Morgan fingerprint density at radius 1 is 0.594 bits per heavy atom. The highest BCUT2D eigenvalue weighted by molar-refractivity contribution is 5.64. The number of benzene rings is 3. The molecule has 0 saturated heterocycles. The summed E-state index contributed by atoms with van der Waals surface area (Å²) in [4.78, 5) is 0. The smallest absolute Gasteiger partial charge is 0.122 e. The molecule has 0 spiro atoms. The van der Waals surface area contributed by atoms with Crippen molar-refractivity contribution < 1.29 is 9.47 Å². The monoisotopic (exact) mass is 434 g/mol. The molecule has 0 unspecified atom stereocenters. The second-order valence-electron chi connectivity index (χ2n) is 7.28. The lowest BCUT2D eigenvalue weighted by atomic mass is 9.98. The standard InChI is InChI=1S/C26H30O2.2C2H6/c1-5-6-20-7-12-22(13-8-20)23-14-9-21(10-15-23)11-16-24-18-25(27-3)19(2)17-26(24)28-4;2*1-2/h7-10,12-15,17-18H,5-6,11,16H2,1-4H3;2*1-2H3. The fraction of sp³-hybridized carbons (Fsp3) is 0.400. The van der Waals surface area contributed by atoms with Crippen LogP contribution in [0.4, 0.5) is 0 Å². The minimum atomic E-state index is 0.915. The van der Waals surface area contributed by atoms with Gasteiger partial charge in [0.05, 0.1) is 14.2 Å². The lowest BCUT2D eigenvalue weighted by molar-refractivity contribution is 0.396. The van der Waals surface area contributed by atoms with E-state index in [0.717, 1.165) is 36.3 Å². The fourth-order valence-corrected chi connectivity index (χ4v) is 3.60. The van der Waals surface area contributed by atoms with Crippen molar-refractivity contribution in [1.82, 2.24) is 0 Å². The van der Waals surface area contributed by atoms with Crippen LogP contribution >= 0.6 is 0 Å². The number of hydrogen-bond acceptors (Lipinski definition) is 2. The molecule has 0 amide bonds. The Bertz CT molecular complexity index is 893. The molecule has 2 nitrogen and oxygen atoms in total. The molecule has 0 heterocycles. The Hall–Kier alpha value is -2.74. The Morgan fingerprint density at radius 2 is 1.06 bits per heavy atom. The SMILES string of the molecule is CC.CC.CCCc1ccc(-c2ccc(CCc3cc(OC)c(C)cc3OC)cc2)cc1. The summed E-state index contributed by atoms with van der Waals surface area (Å²) in [5.41, 5.74) is 7.55. The molecule has 0 saturated carbocycles. The molecular formula is C30H42O2. The summed E-state index contributed by atoms with van der Waals surface area (Å²) in [5.74, 6) is 1.85. The molecular weight excluding hydrogens is 392 g/mol. The molecule has 0 radical (unpaired) electrons. The molecule has 2 heteroatoms. The summed E-state index contributed by atoms with van der Waals surface area (Å²) in [7, 11) is 3.44. The van der Waals surface area contributed by atoms with Gasteiger partial charge in [-0.25, -0.2) is 0 Å². The quantitative estimate of drug-likeness (QED) is 0.354. The van der Waals surface area contributed by atoms with Gasteiger partial charge in [-0.15, -0.1) is 0 Å². The maximum Gasteiger partial charge on any atom is 0.122 e. The minimum Gasteiger partial charge on any atom is -0.496 e. The molecule has 0 atom stereocenters. The van der Waals surface area contributed by atoms with Crippen LogP contribution in [0.2, 0.25) is 0 Å². The van der Waals surface area contributed by atoms with Crippen molar-refractivity contribution in [1.29, 1.82) is 0 Å². The highest BCUT2D eigenvalue weighted by Crippen LogP contribution is 2.29. The summed E-state index contributed by atoms with van der Waals surface area (Å²) < 4.78 is 11.0. The average Bonchev–Trinajstić information content (AvgIpc) is 2.86. The molecule has 3 aromatic carbocycles. The predicted octanol–water partition coefficient (Wildman–Crippen LogP) is 8.47. The first-order valence-electron chi connectivity index (χ1n) is 12.0. The van der Waals surface area contributed by atoms with E-state index in [1.807, 2.05) is 34.6 Å². The van der Waals surface area contributed by atoms with E-state index in [-0.39, 0.29) is 0 Å². The van der Waals surface area contributed by atoms with Gasteiger partial charge in [-0.05, 0) is 71.7 Å². The molecule has 0 fully saturated rings.